The topological polar surface area (TPSA) is 70.9 Å². The first-order valence-electron chi connectivity index (χ1n) is 8.22. The van der Waals surface area contributed by atoms with Crippen molar-refractivity contribution < 1.29 is 14.6 Å². The summed E-state index contributed by atoms with van der Waals surface area (Å²) in [7, 11) is 0. The van der Waals surface area contributed by atoms with Crippen molar-refractivity contribution in [3.8, 4) is 11.5 Å². The van der Waals surface area contributed by atoms with Crippen LogP contribution in [0, 0.1) is 0 Å². The molecule has 0 spiro atoms. The van der Waals surface area contributed by atoms with Gasteiger partial charge in [-0.05, 0) is 30.3 Å². The molecule has 0 aliphatic rings. The molecule has 136 valence electrons. The van der Waals surface area contributed by atoms with Crippen LogP contribution in [0.3, 0.4) is 0 Å². The van der Waals surface area contributed by atoms with E-state index >= 15 is 0 Å². The summed E-state index contributed by atoms with van der Waals surface area (Å²) in [4.78, 5) is 12.1. The Labute approximate surface area is 161 Å². The zero-order valence-electron chi connectivity index (χ0n) is 14.3. The van der Waals surface area contributed by atoms with E-state index in [2.05, 4.69) is 10.5 Å². The molecule has 1 amide bonds. The van der Waals surface area contributed by atoms with Gasteiger partial charge in [-0.25, -0.2) is 5.43 Å². The van der Waals surface area contributed by atoms with E-state index in [9.17, 15) is 9.90 Å². The molecule has 3 rings (SSSR count). The van der Waals surface area contributed by atoms with Gasteiger partial charge in [0, 0.05) is 16.1 Å². The number of amides is 1. The highest BCUT2D eigenvalue weighted by Crippen LogP contribution is 2.21. The summed E-state index contributed by atoms with van der Waals surface area (Å²) >= 11 is 6.15. The summed E-state index contributed by atoms with van der Waals surface area (Å²) in [6.07, 6.45) is 1.49. The fraction of sp³-hybridized carbons (Fsp3) is 0.0476. The van der Waals surface area contributed by atoms with Crippen molar-refractivity contribution in [2.75, 3.05) is 0 Å². The number of ether oxygens (including phenoxy) is 1. The van der Waals surface area contributed by atoms with E-state index in [1.165, 1.54) is 18.3 Å². The number of carbonyl (C=O) groups excluding carboxylic acids is 1. The number of aromatic hydroxyl groups is 1. The van der Waals surface area contributed by atoms with Gasteiger partial charge in [0.25, 0.3) is 5.91 Å². The maximum atomic E-state index is 12.1. The third-order valence-electron chi connectivity index (χ3n) is 3.78. The average molecular weight is 381 g/mol. The van der Waals surface area contributed by atoms with Crippen LogP contribution in [0.2, 0.25) is 5.02 Å². The van der Waals surface area contributed by atoms with E-state index in [1.807, 2.05) is 48.5 Å². The van der Waals surface area contributed by atoms with Crippen molar-refractivity contribution in [3.05, 3.63) is 94.5 Å². The summed E-state index contributed by atoms with van der Waals surface area (Å²) < 4.78 is 5.84. The van der Waals surface area contributed by atoms with Crippen LogP contribution >= 0.6 is 11.6 Å². The van der Waals surface area contributed by atoms with Gasteiger partial charge in [-0.15, -0.1) is 0 Å². The zero-order valence-corrected chi connectivity index (χ0v) is 15.1. The number of phenols is 1. The van der Waals surface area contributed by atoms with Gasteiger partial charge in [-0.2, -0.15) is 5.10 Å². The van der Waals surface area contributed by atoms with Gasteiger partial charge in [0.05, 0.1) is 11.8 Å². The normalized spacial score (nSPS) is 10.7. The van der Waals surface area contributed by atoms with Crippen molar-refractivity contribution in [2.45, 2.75) is 6.61 Å². The van der Waals surface area contributed by atoms with Crippen LogP contribution in [-0.4, -0.2) is 17.2 Å². The number of para-hydroxylation sites is 2. The molecule has 0 bridgehead atoms. The molecule has 0 atom stereocenters. The number of hydrogen-bond donors (Lipinski definition) is 2. The molecule has 6 heteroatoms. The molecule has 0 saturated carbocycles. The minimum atomic E-state index is -0.501. The fourth-order valence-electron chi connectivity index (χ4n) is 2.38. The van der Waals surface area contributed by atoms with Crippen LogP contribution in [0.15, 0.2) is 77.9 Å². The van der Waals surface area contributed by atoms with Gasteiger partial charge < -0.3 is 9.84 Å². The smallest absolute Gasteiger partial charge is 0.275 e. The minimum Gasteiger partial charge on any atom is -0.507 e. The summed E-state index contributed by atoms with van der Waals surface area (Å²) in [5.74, 6) is 0.00506. The van der Waals surface area contributed by atoms with Crippen LogP contribution in [0.25, 0.3) is 0 Å². The number of rotatable bonds is 6. The van der Waals surface area contributed by atoms with Gasteiger partial charge in [-0.1, -0.05) is 54.1 Å². The zero-order chi connectivity index (χ0) is 19.1. The highest BCUT2D eigenvalue weighted by Gasteiger charge is 2.09. The lowest BCUT2D eigenvalue weighted by atomic mass is 10.2. The van der Waals surface area contributed by atoms with E-state index in [-0.39, 0.29) is 11.3 Å². The molecule has 0 aromatic heterocycles. The second-order valence-electron chi connectivity index (χ2n) is 5.63. The first-order chi connectivity index (χ1) is 13.1. The standard InChI is InChI=1S/C21H17ClN2O3/c22-18-10-4-1-8-16(18)14-27-20-12-6-2-7-15(20)13-23-24-21(26)17-9-3-5-11-19(17)25/h1-13,25H,14H2,(H,24,26)/b23-13+. The van der Waals surface area contributed by atoms with Gasteiger partial charge in [0.1, 0.15) is 18.1 Å². The average Bonchev–Trinajstić information content (AvgIpc) is 2.68. The molecule has 0 fully saturated rings. The molecular formula is C21H17ClN2O3. The lowest BCUT2D eigenvalue weighted by Crippen LogP contribution is -2.17. The number of halogens is 1. The lowest BCUT2D eigenvalue weighted by molar-refractivity contribution is 0.0952. The second-order valence-corrected chi connectivity index (χ2v) is 6.04. The molecule has 3 aromatic rings. The van der Waals surface area contributed by atoms with Gasteiger partial charge >= 0.3 is 0 Å². The lowest BCUT2D eigenvalue weighted by Gasteiger charge is -2.10. The monoisotopic (exact) mass is 380 g/mol. The Bertz CT molecular complexity index is 973. The quantitative estimate of drug-likeness (QED) is 0.492. The number of hydrogen-bond acceptors (Lipinski definition) is 4. The van der Waals surface area contributed by atoms with Crippen molar-refractivity contribution in [2.24, 2.45) is 5.10 Å². The Morgan fingerprint density at radius 3 is 2.56 bits per heavy atom. The number of hydrazone groups is 1. The molecule has 0 aliphatic carbocycles. The Balaban J connectivity index is 1.67. The number of benzene rings is 3. The molecule has 0 aliphatic heterocycles. The van der Waals surface area contributed by atoms with Crippen molar-refractivity contribution in [1.29, 1.82) is 0 Å². The third kappa shape index (κ3) is 4.86. The fourth-order valence-corrected chi connectivity index (χ4v) is 2.57. The van der Waals surface area contributed by atoms with Gasteiger partial charge in [-0.3, -0.25) is 4.79 Å². The molecular weight excluding hydrogens is 364 g/mol. The van der Waals surface area contributed by atoms with Crippen molar-refractivity contribution >= 4 is 23.7 Å². The predicted molar refractivity (Wildman–Crippen MR) is 105 cm³/mol. The van der Waals surface area contributed by atoms with Crippen LogP contribution in [0.1, 0.15) is 21.5 Å². The van der Waals surface area contributed by atoms with E-state index in [0.29, 0.717) is 22.9 Å². The number of nitrogens with one attached hydrogen (secondary N) is 1. The van der Waals surface area contributed by atoms with Crippen LogP contribution in [0.5, 0.6) is 11.5 Å². The largest absolute Gasteiger partial charge is 0.507 e. The van der Waals surface area contributed by atoms with E-state index < -0.39 is 5.91 Å². The molecule has 5 nitrogen and oxygen atoms in total. The Morgan fingerprint density at radius 1 is 1.04 bits per heavy atom. The van der Waals surface area contributed by atoms with Gasteiger partial charge in [0.15, 0.2) is 0 Å². The Morgan fingerprint density at radius 2 is 1.74 bits per heavy atom. The first-order valence-corrected chi connectivity index (χ1v) is 8.59. The predicted octanol–water partition coefficient (Wildman–Crippen LogP) is 4.39. The first kappa shape index (κ1) is 18.5. The number of phenolic OH excluding ortho intramolecular Hbond substituents is 1. The Kier molecular flexibility index (Phi) is 6.07. The van der Waals surface area contributed by atoms with E-state index in [0.717, 1.165) is 5.56 Å². The summed E-state index contributed by atoms with van der Waals surface area (Å²) in [6.45, 7) is 0.314. The Hall–Kier alpha value is -3.31. The molecule has 27 heavy (non-hydrogen) atoms. The summed E-state index contributed by atoms with van der Waals surface area (Å²) in [5.41, 5.74) is 4.11. The van der Waals surface area contributed by atoms with E-state index in [1.54, 1.807) is 12.1 Å². The number of nitrogens with zero attached hydrogens (tertiary/aromatic N) is 1. The minimum absolute atomic E-state index is 0.103. The van der Waals surface area contributed by atoms with Crippen molar-refractivity contribution in [3.63, 3.8) is 0 Å². The summed E-state index contributed by atoms with van der Waals surface area (Å²) in [6, 6.07) is 21.0. The molecule has 3 aromatic carbocycles. The van der Waals surface area contributed by atoms with Gasteiger partial charge in [0.2, 0.25) is 0 Å². The maximum Gasteiger partial charge on any atom is 0.275 e. The molecule has 0 radical (unpaired) electrons. The highest BCUT2D eigenvalue weighted by molar-refractivity contribution is 6.31. The van der Waals surface area contributed by atoms with Crippen LogP contribution in [0.4, 0.5) is 0 Å². The molecule has 0 saturated heterocycles. The maximum absolute atomic E-state index is 12.1. The number of carbonyl (C=O) groups is 1. The molecule has 0 unspecified atom stereocenters. The molecule has 2 N–H and O–H groups in total. The van der Waals surface area contributed by atoms with E-state index in [4.69, 9.17) is 16.3 Å². The highest BCUT2D eigenvalue weighted by atomic mass is 35.5. The van der Waals surface area contributed by atoms with Crippen LogP contribution < -0.4 is 10.2 Å². The molecule has 0 heterocycles. The summed E-state index contributed by atoms with van der Waals surface area (Å²) in [5, 5.41) is 14.3. The SMILES string of the molecule is O=C(N/N=C/c1ccccc1OCc1ccccc1Cl)c1ccccc1O. The third-order valence-corrected chi connectivity index (χ3v) is 4.15. The second kappa shape index (κ2) is 8.87. The van der Waals surface area contributed by atoms with Crippen molar-refractivity contribution in [1.82, 2.24) is 5.43 Å². The van der Waals surface area contributed by atoms with Crippen LogP contribution in [-0.2, 0) is 6.61 Å².